The third kappa shape index (κ3) is 4.21. The summed E-state index contributed by atoms with van der Waals surface area (Å²) in [5.74, 6) is 0. The average molecular weight is 265 g/mol. The molecule has 3 heteroatoms. The normalized spacial score (nSPS) is 12.8. The van der Waals surface area contributed by atoms with Gasteiger partial charge in [0.25, 0.3) is 0 Å². The van der Waals surface area contributed by atoms with Crippen LogP contribution in [0.4, 0.5) is 0 Å². The Labute approximate surface area is 113 Å². The van der Waals surface area contributed by atoms with Crippen molar-refractivity contribution in [2.45, 2.75) is 58.7 Å². The molecule has 1 rings (SSSR count). The van der Waals surface area contributed by atoms with Crippen molar-refractivity contribution in [3.8, 4) is 0 Å². The molecule has 18 heavy (non-hydrogen) atoms. The van der Waals surface area contributed by atoms with Gasteiger partial charge in [0, 0.05) is 24.4 Å². The van der Waals surface area contributed by atoms with Crippen molar-refractivity contribution in [1.29, 1.82) is 0 Å². The fraction of sp³-hybridized carbons (Fsp3) is 0.667. The Balaban J connectivity index is 2.51. The van der Waals surface area contributed by atoms with E-state index in [-0.39, 0.29) is 5.04 Å². The standard InChI is InChI=1S/C15H27NOSi/c1-7-13-9-8-10-14(16-13)11-12-17-18(5,6)15(2,3)4/h8-10H,7,11-12H2,1-6H3. The lowest BCUT2D eigenvalue weighted by molar-refractivity contribution is 0.290. The van der Waals surface area contributed by atoms with E-state index in [4.69, 9.17) is 4.43 Å². The van der Waals surface area contributed by atoms with E-state index in [1.165, 1.54) is 5.69 Å². The topological polar surface area (TPSA) is 22.1 Å². The Morgan fingerprint density at radius 3 is 2.33 bits per heavy atom. The summed E-state index contributed by atoms with van der Waals surface area (Å²) in [5.41, 5.74) is 2.31. The molecule has 0 aliphatic heterocycles. The molecule has 0 amide bonds. The summed E-state index contributed by atoms with van der Waals surface area (Å²) in [6.07, 6.45) is 1.91. The Morgan fingerprint density at radius 1 is 1.17 bits per heavy atom. The molecule has 2 nitrogen and oxygen atoms in total. The van der Waals surface area contributed by atoms with E-state index in [1.807, 2.05) is 0 Å². The van der Waals surface area contributed by atoms with Gasteiger partial charge in [-0.2, -0.15) is 0 Å². The van der Waals surface area contributed by atoms with Gasteiger partial charge in [0.2, 0.25) is 0 Å². The van der Waals surface area contributed by atoms with Crippen molar-refractivity contribution in [2.75, 3.05) is 6.61 Å². The first-order valence-corrected chi connectivity index (χ1v) is 9.76. The molecule has 0 radical (unpaired) electrons. The maximum absolute atomic E-state index is 6.17. The second-order valence-electron chi connectivity index (χ2n) is 6.33. The van der Waals surface area contributed by atoms with Crippen LogP contribution in [0.2, 0.25) is 18.1 Å². The van der Waals surface area contributed by atoms with Crippen LogP contribution >= 0.6 is 0 Å². The third-order valence-electron chi connectivity index (χ3n) is 3.85. The molecule has 0 bridgehead atoms. The van der Waals surface area contributed by atoms with E-state index in [1.54, 1.807) is 0 Å². The van der Waals surface area contributed by atoms with Crippen LogP contribution in [0.25, 0.3) is 0 Å². The summed E-state index contributed by atoms with van der Waals surface area (Å²) in [7, 11) is -1.61. The molecule has 102 valence electrons. The highest BCUT2D eigenvalue weighted by Gasteiger charge is 2.36. The number of rotatable bonds is 5. The van der Waals surface area contributed by atoms with Gasteiger partial charge in [-0.1, -0.05) is 33.8 Å². The number of nitrogens with zero attached hydrogens (tertiary/aromatic N) is 1. The maximum atomic E-state index is 6.17. The van der Waals surface area contributed by atoms with E-state index in [0.717, 1.165) is 25.1 Å². The van der Waals surface area contributed by atoms with Gasteiger partial charge in [-0.3, -0.25) is 4.98 Å². The first-order valence-electron chi connectivity index (χ1n) is 6.85. The summed E-state index contributed by atoms with van der Waals surface area (Å²) in [5, 5.41) is 0.283. The lowest BCUT2D eigenvalue weighted by Crippen LogP contribution is -2.41. The van der Waals surface area contributed by atoms with Gasteiger partial charge < -0.3 is 4.43 Å². The Hall–Kier alpha value is -0.673. The van der Waals surface area contributed by atoms with Crippen molar-refractivity contribution in [1.82, 2.24) is 4.98 Å². The summed E-state index contributed by atoms with van der Waals surface area (Å²) in [6.45, 7) is 14.3. The average Bonchev–Trinajstić information content (AvgIpc) is 2.27. The van der Waals surface area contributed by atoms with Gasteiger partial charge in [0.05, 0.1) is 0 Å². The molecule has 0 aliphatic carbocycles. The zero-order valence-electron chi connectivity index (χ0n) is 12.7. The van der Waals surface area contributed by atoms with Crippen LogP contribution in [-0.2, 0) is 17.3 Å². The van der Waals surface area contributed by atoms with Gasteiger partial charge in [-0.25, -0.2) is 0 Å². The van der Waals surface area contributed by atoms with Gasteiger partial charge in [-0.15, -0.1) is 0 Å². The van der Waals surface area contributed by atoms with E-state index in [2.05, 4.69) is 64.0 Å². The van der Waals surface area contributed by atoms with Crippen LogP contribution in [-0.4, -0.2) is 19.9 Å². The first-order chi connectivity index (χ1) is 8.26. The molecule has 0 aromatic carbocycles. The van der Waals surface area contributed by atoms with Crippen LogP contribution < -0.4 is 0 Å². The molecule has 0 fully saturated rings. The Kier molecular flexibility index (Phi) is 5.11. The lowest BCUT2D eigenvalue weighted by Gasteiger charge is -2.36. The number of hydrogen-bond acceptors (Lipinski definition) is 2. The zero-order chi connectivity index (χ0) is 13.8. The van der Waals surface area contributed by atoms with E-state index >= 15 is 0 Å². The quantitative estimate of drug-likeness (QED) is 0.744. The molecule has 0 unspecified atom stereocenters. The van der Waals surface area contributed by atoms with Crippen molar-refractivity contribution < 1.29 is 4.43 Å². The van der Waals surface area contributed by atoms with Gasteiger partial charge >= 0.3 is 0 Å². The second-order valence-corrected chi connectivity index (χ2v) is 11.1. The molecule has 0 saturated heterocycles. The molecule has 0 aliphatic rings. The Morgan fingerprint density at radius 2 is 1.78 bits per heavy atom. The molecular weight excluding hydrogens is 238 g/mol. The molecule has 0 saturated carbocycles. The smallest absolute Gasteiger partial charge is 0.191 e. The molecule has 0 N–H and O–H groups in total. The number of aromatic nitrogens is 1. The predicted octanol–water partition coefficient (Wildman–Crippen LogP) is 4.21. The monoisotopic (exact) mass is 265 g/mol. The van der Waals surface area contributed by atoms with Crippen molar-refractivity contribution in [2.24, 2.45) is 0 Å². The van der Waals surface area contributed by atoms with Crippen LogP contribution in [0, 0.1) is 0 Å². The van der Waals surface area contributed by atoms with E-state index < -0.39 is 8.32 Å². The summed E-state index contributed by atoms with van der Waals surface area (Å²) in [6, 6.07) is 6.26. The third-order valence-corrected chi connectivity index (χ3v) is 8.39. The molecular formula is C15H27NOSi. The van der Waals surface area contributed by atoms with Crippen LogP contribution in [0.3, 0.4) is 0 Å². The predicted molar refractivity (Wildman–Crippen MR) is 80.5 cm³/mol. The van der Waals surface area contributed by atoms with E-state index in [0.29, 0.717) is 0 Å². The zero-order valence-corrected chi connectivity index (χ0v) is 13.7. The minimum Gasteiger partial charge on any atom is -0.416 e. The Bertz CT molecular complexity index is 382. The van der Waals surface area contributed by atoms with Gasteiger partial charge in [-0.05, 0) is 36.7 Å². The van der Waals surface area contributed by atoms with Crippen molar-refractivity contribution >= 4 is 8.32 Å². The highest BCUT2D eigenvalue weighted by Crippen LogP contribution is 2.36. The summed E-state index contributed by atoms with van der Waals surface area (Å²) < 4.78 is 6.17. The molecule has 0 spiro atoms. The van der Waals surface area contributed by atoms with Gasteiger partial charge in [0.15, 0.2) is 8.32 Å². The van der Waals surface area contributed by atoms with Crippen LogP contribution in [0.1, 0.15) is 39.1 Å². The summed E-state index contributed by atoms with van der Waals surface area (Å²) in [4.78, 5) is 4.61. The first kappa shape index (κ1) is 15.4. The van der Waals surface area contributed by atoms with Crippen LogP contribution in [0.5, 0.6) is 0 Å². The van der Waals surface area contributed by atoms with Crippen molar-refractivity contribution in [3.63, 3.8) is 0 Å². The number of hydrogen-bond donors (Lipinski definition) is 0. The van der Waals surface area contributed by atoms with Crippen LogP contribution in [0.15, 0.2) is 18.2 Å². The van der Waals surface area contributed by atoms with E-state index in [9.17, 15) is 0 Å². The summed E-state index contributed by atoms with van der Waals surface area (Å²) >= 11 is 0. The molecule has 1 aromatic rings. The number of aryl methyl sites for hydroxylation is 1. The van der Waals surface area contributed by atoms with Gasteiger partial charge in [0.1, 0.15) is 0 Å². The number of pyridine rings is 1. The maximum Gasteiger partial charge on any atom is 0.191 e. The lowest BCUT2D eigenvalue weighted by atomic mass is 10.2. The highest BCUT2D eigenvalue weighted by molar-refractivity contribution is 6.74. The fourth-order valence-corrected chi connectivity index (χ4v) is 2.54. The molecule has 0 atom stereocenters. The highest BCUT2D eigenvalue weighted by atomic mass is 28.4. The SMILES string of the molecule is CCc1cccc(CCO[Si](C)(C)C(C)(C)C)n1. The van der Waals surface area contributed by atoms with Crippen molar-refractivity contribution in [3.05, 3.63) is 29.6 Å². The minimum atomic E-state index is -1.61. The molecule has 1 aromatic heterocycles. The molecule has 1 heterocycles. The fourth-order valence-electron chi connectivity index (χ4n) is 1.49. The minimum absolute atomic E-state index is 0.283. The largest absolute Gasteiger partial charge is 0.416 e. The second kappa shape index (κ2) is 5.98.